The first-order valence-electron chi connectivity index (χ1n) is 6.11. The predicted molar refractivity (Wildman–Crippen MR) is 63.8 cm³/mol. The monoisotopic (exact) mass is 237 g/mol. The fourth-order valence-corrected chi connectivity index (χ4v) is 2.22. The number of furan rings is 1. The fourth-order valence-electron chi connectivity index (χ4n) is 2.22. The number of nitrogens with one attached hydrogen (secondary N) is 1. The zero-order valence-corrected chi connectivity index (χ0v) is 10.4. The summed E-state index contributed by atoms with van der Waals surface area (Å²) in [6, 6.07) is 3.48. The van der Waals surface area contributed by atoms with E-state index < -0.39 is 5.97 Å². The van der Waals surface area contributed by atoms with Gasteiger partial charge in [0.05, 0.1) is 13.7 Å². The fraction of sp³-hybridized carbons (Fsp3) is 0.615. The van der Waals surface area contributed by atoms with Crippen LogP contribution in [0.15, 0.2) is 16.5 Å². The summed E-state index contributed by atoms with van der Waals surface area (Å²) < 4.78 is 10.0. The maximum atomic E-state index is 11.2. The Hall–Kier alpha value is -1.29. The second-order valence-corrected chi connectivity index (χ2v) is 4.60. The average molecular weight is 237 g/mol. The van der Waals surface area contributed by atoms with Gasteiger partial charge < -0.3 is 14.5 Å². The lowest BCUT2D eigenvalue weighted by Gasteiger charge is -2.42. The van der Waals surface area contributed by atoms with Crippen molar-refractivity contribution in [1.82, 2.24) is 5.32 Å². The Balaban J connectivity index is 1.91. The molecule has 0 spiro atoms. The summed E-state index contributed by atoms with van der Waals surface area (Å²) in [5.74, 6) is 0.624. The molecule has 1 N–H and O–H groups in total. The molecule has 94 valence electrons. The zero-order chi connectivity index (χ0) is 12.3. The topological polar surface area (TPSA) is 51.5 Å². The summed E-state index contributed by atoms with van der Waals surface area (Å²) in [5.41, 5.74) is 0.290. The number of methoxy groups -OCH3 is 1. The number of ether oxygens (including phenoxy) is 1. The van der Waals surface area contributed by atoms with Gasteiger partial charge in [0.2, 0.25) is 5.76 Å². The minimum absolute atomic E-state index is 0.267. The Morgan fingerprint density at radius 3 is 2.82 bits per heavy atom. The summed E-state index contributed by atoms with van der Waals surface area (Å²) in [6.45, 7) is 2.87. The summed E-state index contributed by atoms with van der Waals surface area (Å²) in [7, 11) is 1.35. The Morgan fingerprint density at radius 1 is 1.53 bits per heavy atom. The summed E-state index contributed by atoms with van der Waals surface area (Å²) >= 11 is 0. The van der Waals surface area contributed by atoms with Crippen LogP contribution in [0.25, 0.3) is 0 Å². The molecule has 1 aromatic heterocycles. The summed E-state index contributed by atoms with van der Waals surface area (Å²) in [6.07, 6.45) is 4.89. The Bertz CT molecular complexity index is 388. The lowest BCUT2D eigenvalue weighted by atomic mass is 9.75. The van der Waals surface area contributed by atoms with Crippen molar-refractivity contribution >= 4 is 5.97 Å². The van der Waals surface area contributed by atoms with Gasteiger partial charge >= 0.3 is 5.97 Å². The van der Waals surface area contributed by atoms with Crippen LogP contribution in [0.5, 0.6) is 0 Å². The van der Waals surface area contributed by atoms with Crippen LogP contribution in [0.3, 0.4) is 0 Å². The van der Waals surface area contributed by atoms with Gasteiger partial charge in [-0.3, -0.25) is 0 Å². The van der Waals surface area contributed by atoms with Crippen LogP contribution in [0.4, 0.5) is 0 Å². The zero-order valence-electron chi connectivity index (χ0n) is 10.4. The average Bonchev–Trinajstić information content (AvgIpc) is 2.76. The van der Waals surface area contributed by atoms with Gasteiger partial charge in [-0.2, -0.15) is 0 Å². The molecule has 17 heavy (non-hydrogen) atoms. The van der Waals surface area contributed by atoms with Gasteiger partial charge in [-0.15, -0.1) is 0 Å². The maximum absolute atomic E-state index is 11.2. The lowest BCUT2D eigenvalue weighted by Crippen LogP contribution is -2.49. The third-order valence-electron chi connectivity index (χ3n) is 3.67. The number of esters is 1. The van der Waals surface area contributed by atoms with Gasteiger partial charge in [-0.1, -0.05) is 6.92 Å². The highest BCUT2D eigenvalue weighted by molar-refractivity contribution is 5.86. The van der Waals surface area contributed by atoms with Crippen LogP contribution in [0.2, 0.25) is 0 Å². The lowest BCUT2D eigenvalue weighted by molar-refractivity contribution is 0.0562. The molecule has 1 aliphatic carbocycles. The van der Waals surface area contributed by atoms with E-state index in [0.29, 0.717) is 6.54 Å². The van der Waals surface area contributed by atoms with Gasteiger partial charge in [0.1, 0.15) is 5.76 Å². The summed E-state index contributed by atoms with van der Waals surface area (Å²) in [4.78, 5) is 11.2. The van der Waals surface area contributed by atoms with E-state index in [-0.39, 0.29) is 11.3 Å². The second kappa shape index (κ2) is 4.92. The van der Waals surface area contributed by atoms with E-state index in [9.17, 15) is 4.79 Å². The Morgan fingerprint density at radius 2 is 2.29 bits per heavy atom. The standard InChI is InChI=1S/C13H19NO3/c1-3-13(7-4-8-13)14-9-10-5-6-11(17-10)12(15)16-2/h5-6,14H,3-4,7-9H2,1-2H3. The molecular formula is C13H19NO3. The molecule has 1 saturated carbocycles. The molecule has 1 aromatic rings. The van der Waals surface area contributed by atoms with E-state index in [4.69, 9.17) is 4.42 Å². The van der Waals surface area contributed by atoms with Crippen LogP contribution < -0.4 is 5.32 Å². The first-order chi connectivity index (χ1) is 8.19. The molecular weight excluding hydrogens is 218 g/mol. The van der Waals surface area contributed by atoms with E-state index in [2.05, 4.69) is 17.0 Å². The smallest absolute Gasteiger partial charge is 0.373 e. The molecule has 1 aliphatic rings. The first-order valence-corrected chi connectivity index (χ1v) is 6.11. The van der Waals surface area contributed by atoms with Crippen molar-refractivity contribution in [3.8, 4) is 0 Å². The van der Waals surface area contributed by atoms with E-state index >= 15 is 0 Å². The van der Waals surface area contributed by atoms with Crippen molar-refractivity contribution in [2.24, 2.45) is 0 Å². The van der Waals surface area contributed by atoms with Crippen LogP contribution in [0.1, 0.15) is 48.9 Å². The first kappa shape index (κ1) is 12.2. The third-order valence-corrected chi connectivity index (χ3v) is 3.67. The van der Waals surface area contributed by atoms with Crippen LogP contribution >= 0.6 is 0 Å². The van der Waals surface area contributed by atoms with Gasteiger partial charge in [0, 0.05) is 5.54 Å². The highest BCUT2D eigenvalue weighted by atomic mass is 16.5. The van der Waals surface area contributed by atoms with Crippen molar-refractivity contribution in [3.63, 3.8) is 0 Å². The van der Waals surface area contributed by atoms with E-state index in [0.717, 1.165) is 12.2 Å². The van der Waals surface area contributed by atoms with E-state index in [1.165, 1.54) is 26.4 Å². The number of rotatable bonds is 5. The van der Waals surface area contributed by atoms with Crippen LogP contribution in [0, 0.1) is 0 Å². The van der Waals surface area contributed by atoms with Crippen molar-refractivity contribution in [3.05, 3.63) is 23.7 Å². The van der Waals surface area contributed by atoms with Crippen molar-refractivity contribution in [1.29, 1.82) is 0 Å². The van der Waals surface area contributed by atoms with Gasteiger partial charge in [-0.05, 0) is 37.8 Å². The number of hydrogen-bond donors (Lipinski definition) is 1. The molecule has 1 fully saturated rings. The Kier molecular flexibility index (Phi) is 3.52. The largest absolute Gasteiger partial charge is 0.463 e. The minimum atomic E-state index is -0.426. The van der Waals surface area contributed by atoms with Crippen LogP contribution in [-0.4, -0.2) is 18.6 Å². The molecule has 0 unspecified atom stereocenters. The molecule has 0 aromatic carbocycles. The highest BCUT2D eigenvalue weighted by Gasteiger charge is 2.34. The van der Waals surface area contributed by atoms with Crippen LogP contribution in [-0.2, 0) is 11.3 Å². The SMILES string of the molecule is CCC1(NCc2ccc(C(=O)OC)o2)CCC1. The summed E-state index contributed by atoms with van der Waals surface area (Å²) in [5, 5.41) is 3.52. The van der Waals surface area contributed by atoms with E-state index in [1.54, 1.807) is 6.07 Å². The van der Waals surface area contributed by atoms with Gasteiger partial charge in [-0.25, -0.2) is 4.79 Å². The second-order valence-electron chi connectivity index (χ2n) is 4.60. The minimum Gasteiger partial charge on any atom is -0.463 e. The molecule has 0 amide bonds. The number of carbonyl (C=O) groups is 1. The van der Waals surface area contributed by atoms with Gasteiger partial charge in [0.15, 0.2) is 0 Å². The molecule has 0 bridgehead atoms. The molecule has 4 heteroatoms. The molecule has 0 aliphatic heterocycles. The van der Waals surface area contributed by atoms with E-state index in [1.807, 2.05) is 6.07 Å². The van der Waals surface area contributed by atoms with Crippen molar-refractivity contribution < 1.29 is 13.9 Å². The Labute approximate surface area is 101 Å². The predicted octanol–water partition coefficient (Wildman–Crippen LogP) is 2.49. The molecule has 0 radical (unpaired) electrons. The highest BCUT2D eigenvalue weighted by Crippen LogP contribution is 2.34. The van der Waals surface area contributed by atoms with Crippen molar-refractivity contribution in [2.45, 2.75) is 44.7 Å². The quantitative estimate of drug-likeness (QED) is 0.799. The molecule has 0 atom stereocenters. The van der Waals surface area contributed by atoms with Crippen molar-refractivity contribution in [2.75, 3.05) is 7.11 Å². The normalized spacial score (nSPS) is 17.5. The molecule has 2 rings (SSSR count). The molecule has 0 saturated heterocycles. The maximum Gasteiger partial charge on any atom is 0.373 e. The van der Waals surface area contributed by atoms with Gasteiger partial charge in [0.25, 0.3) is 0 Å². The third kappa shape index (κ3) is 2.52. The number of carbonyl (C=O) groups excluding carboxylic acids is 1. The molecule has 4 nitrogen and oxygen atoms in total. The molecule has 1 heterocycles. The number of hydrogen-bond acceptors (Lipinski definition) is 4.